The summed E-state index contributed by atoms with van der Waals surface area (Å²) in [5.41, 5.74) is 4.18. The minimum Gasteiger partial charge on any atom is -0.493 e. The highest BCUT2D eigenvalue weighted by molar-refractivity contribution is 5.97. The van der Waals surface area contributed by atoms with Gasteiger partial charge in [0.2, 0.25) is 5.91 Å². The predicted molar refractivity (Wildman–Crippen MR) is 132 cm³/mol. The predicted octanol–water partition coefficient (Wildman–Crippen LogP) is 5.46. The summed E-state index contributed by atoms with van der Waals surface area (Å²) in [6.45, 7) is 8.82. The lowest BCUT2D eigenvalue weighted by atomic mass is 9.86. The third-order valence-electron chi connectivity index (χ3n) is 6.50. The van der Waals surface area contributed by atoms with Crippen molar-refractivity contribution in [2.45, 2.75) is 65.2 Å². The molecule has 1 spiro atoms. The van der Waals surface area contributed by atoms with Gasteiger partial charge in [-0.1, -0.05) is 37.6 Å². The summed E-state index contributed by atoms with van der Waals surface area (Å²) < 4.78 is 10.8. The Morgan fingerprint density at radius 2 is 2.03 bits per heavy atom. The molecule has 180 valence electrons. The molecule has 1 heterocycles. The minimum atomic E-state index is -0.222. The first-order chi connectivity index (χ1) is 16.5. The Bertz CT molecular complexity index is 1090. The molecule has 34 heavy (non-hydrogen) atoms. The van der Waals surface area contributed by atoms with E-state index in [2.05, 4.69) is 24.4 Å². The van der Waals surface area contributed by atoms with Crippen LogP contribution in [0.2, 0.25) is 0 Å². The number of ether oxygens (including phenoxy) is 2. The lowest BCUT2D eigenvalue weighted by Crippen LogP contribution is -2.27. The number of fused-ring (bicyclic) bond motifs is 2. The zero-order valence-corrected chi connectivity index (χ0v) is 20.6. The van der Waals surface area contributed by atoms with E-state index in [4.69, 9.17) is 9.47 Å². The molecule has 1 aliphatic carbocycles. The number of hydrogen-bond donors (Lipinski definition) is 1. The SMILES string of the molecule is CC.CCOC(=O)CCCc1ccc(C#N)cc1NC(=O)C1CC12CCOc1ccc(C)cc12. The van der Waals surface area contributed by atoms with E-state index >= 15 is 0 Å². The van der Waals surface area contributed by atoms with Crippen LogP contribution >= 0.6 is 0 Å². The van der Waals surface area contributed by atoms with E-state index in [-0.39, 0.29) is 23.2 Å². The third-order valence-corrected chi connectivity index (χ3v) is 6.50. The van der Waals surface area contributed by atoms with Gasteiger partial charge < -0.3 is 14.8 Å². The van der Waals surface area contributed by atoms with Gasteiger partial charge in [0.1, 0.15) is 5.75 Å². The van der Waals surface area contributed by atoms with Crippen molar-refractivity contribution in [1.29, 1.82) is 5.26 Å². The first kappa shape index (κ1) is 25.3. The van der Waals surface area contributed by atoms with Gasteiger partial charge in [0, 0.05) is 29.0 Å². The summed E-state index contributed by atoms with van der Waals surface area (Å²) in [5.74, 6) is 0.509. The summed E-state index contributed by atoms with van der Waals surface area (Å²) in [6.07, 6.45) is 3.18. The molecule has 1 N–H and O–H groups in total. The molecule has 4 rings (SSSR count). The van der Waals surface area contributed by atoms with Crippen LogP contribution in [0, 0.1) is 24.2 Å². The number of rotatable bonds is 7. The minimum absolute atomic E-state index is 0.0268. The number of aryl methyl sites for hydroxylation is 2. The van der Waals surface area contributed by atoms with Crippen molar-refractivity contribution >= 4 is 17.6 Å². The van der Waals surface area contributed by atoms with E-state index in [1.54, 1.807) is 19.1 Å². The quantitative estimate of drug-likeness (QED) is 0.552. The topological polar surface area (TPSA) is 88.4 Å². The number of amides is 1. The number of anilines is 1. The molecule has 2 unspecified atom stereocenters. The average molecular weight is 463 g/mol. The number of hydrogen-bond acceptors (Lipinski definition) is 5. The summed E-state index contributed by atoms with van der Waals surface area (Å²) in [7, 11) is 0. The summed E-state index contributed by atoms with van der Waals surface area (Å²) in [4.78, 5) is 24.9. The molecule has 6 nitrogen and oxygen atoms in total. The van der Waals surface area contributed by atoms with Crippen LogP contribution in [-0.4, -0.2) is 25.1 Å². The van der Waals surface area contributed by atoms with Crippen molar-refractivity contribution in [2.75, 3.05) is 18.5 Å². The summed E-state index contributed by atoms with van der Waals surface area (Å²) in [6, 6.07) is 13.6. The van der Waals surface area contributed by atoms with Crippen molar-refractivity contribution in [3.8, 4) is 11.8 Å². The Balaban J connectivity index is 0.00000158. The highest BCUT2D eigenvalue weighted by Gasteiger charge is 2.61. The number of nitrogens with one attached hydrogen (secondary N) is 1. The van der Waals surface area contributed by atoms with Crippen molar-refractivity contribution in [3.05, 3.63) is 58.7 Å². The zero-order chi connectivity index (χ0) is 24.7. The van der Waals surface area contributed by atoms with E-state index in [1.165, 1.54) is 0 Å². The summed E-state index contributed by atoms with van der Waals surface area (Å²) >= 11 is 0. The van der Waals surface area contributed by atoms with E-state index in [9.17, 15) is 14.9 Å². The monoisotopic (exact) mass is 462 g/mol. The smallest absolute Gasteiger partial charge is 0.305 e. The fourth-order valence-corrected chi connectivity index (χ4v) is 4.72. The number of nitrogens with zero attached hydrogens (tertiary/aromatic N) is 1. The van der Waals surface area contributed by atoms with Gasteiger partial charge in [0.25, 0.3) is 0 Å². The zero-order valence-electron chi connectivity index (χ0n) is 20.6. The van der Waals surface area contributed by atoms with E-state index < -0.39 is 0 Å². The molecule has 6 heteroatoms. The first-order valence-corrected chi connectivity index (χ1v) is 12.2. The lowest BCUT2D eigenvalue weighted by Gasteiger charge is -2.27. The van der Waals surface area contributed by atoms with Crippen molar-refractivity contribution < 1.29 is 19.1 Å². The Morgan fingerprint density at radius 1 is 1.24 bits per heavy atom. The number of esters is 1. The van der Waals surface area contributed by atoms with Gasteiger partial charge in [0.15, 0.2) is 0 Å². The maximum absolute atomic E-state index is 13.3. The lowest BCUT2D eigenvalue weighted by molar-refractivity contribution is -0.143. The largest absolute Gasteiger partial charge is 0.493 e. The van der Waals surface area contributed by atoms with Crippen LogP contribution in [-0.2, 0) is 26.2 Å². The molecule has 0 aromatic heterocycles. The van der Waals surface area contributed by atoms with Gasteiger partial charge in [0.05, 0.1) is 24.8 Å². The molecular formula is C28H34N2O4. The number of carbonyl (C=O) groups excluding carboxylic acids is 2. The van der Waals surface area contributed by atoms with Crippen LogP contribution in [0.25, 0.3) is 0 Å². The van der Waals surface area contributed by atoms with Crippen molar-refractivity contribution in [3.63, 3.8) is 0 Å². The number of benzene rings is 2. The Labute approximate surface area is 202 Å². The highest BCUT2D eigenvalue weighted by Crippen LogP contribution is 2.61. The second-order valence-electron chi connectivity index (χ2n) is 8.64. The van der Waals surface area contributed by atoms with Crippen molar-refractivity contribution in [2.24, 2.45) is 5.92 Å². The first-order valence-electron chi connectivity index (χ1n) is 12.2. The molecule has 2 aliphatic rings. The average Bonchev–Trinajstić information content (AvgIpc) is 3.57. The summed E-state index contributed by atoms with van der Waals surface area (Å²) in [5, 5.41) is 12.4. The normalized spacial score (nSPS) is 19.6. The van der Waals surface area contributed by atoms with Crippen LogP contribution < -0.4 is 10.1 Å². The van der Waals surface area contributed by atoms with Gasteiger partial charge in [-0.25, -0.2) is 0 Å². The maximum atomic E-state index is 13.3. The molecule has 2 atom stereocenters. The molecule has 1 saturated carbocycles. The molecule has 2 aromatic rings. The second-order valence-corrected chi connectivity index (χ2v) is 8.64. The molecule has 1 amide bonds. The molecule has 2 aromatic carbocycles. The number of carbonyl (C=O) groups is 2. The fraction of sp³-hybridized carbons (Fsp3) is 0.464. The van der Waals surface area contributed by atoms with Crippen LogP contribution in [0.4, 0.5) is 5.69 Å². The molecule has 0 radical (unpaired) electrons. The standard InChI is InChI=1S/C26H28N2O4.C2H6/c1-3-31-24(29)6-4-5-19-9-8-18(16-27)14-22(19)28-25(30)21-15-26(21)11-12-32-23-10-7-17(2)13-20(23)26;1-2/h7-10,13-14,21H,3-6,11-12,15H2,1-2H3,(H,28,30);1-2H3. The van der Waals surface area contributed by atoms with E-state index in [0.29, 0.717) is 43.7 Å². The van der Waals surface area contributed by atoms with Crippen LogP contribution in [0.1, 0.15) is 68.7 Å². The Kier molecular flexibility index (Phi) is 8.33. The maximum Gasteiger partial charge on any atom is 0.305 e. The third kappa shape index (κ3) is 5.41. The molecule has 0 saturated heterocycles. The fourth-order valence-electron chi connectivity index (χ4n) is 4.72. The van der Waals surface area contributed by atoms with Crippen LogP contribution in [0.15, 0.2) is 36.4 Å². The Hall–Kier alpha value is -3.33. The van der Waals surface area contributed by atoms with Gasteiger partial charge in [-0.15, -0.1) is 0 Å². The van der Waals surface area contributed by atoms with Gasteiger partial charge in [-0.05, 0) is 63.3 Å². The van der Waals surface area contributed by atoms with Crippen LogP contribution in [0.5, 0.6) is 5.75 Å². The van der Waals surface area contributed by atoms with Gasteiger partial charge in [-0.3, -0.25) is 9.59 Å². The van der Waals surface area contributed by atoms with Gasteiger partial charge in [-0.2, -0.15) is 5.26 Å². The molecule has 1 fully saturated rings. The van der Waals surface area contributed by atoms with E-state index in [0.717, 1.165) is 35.3 Å². The van der Waals surface area contributed by atoms with E-state index in [1.807, 2.05) is 32.0 Å². The van der Waals surface area contributed by atoms with Crippen LogP contribution in [0.3, 0.4) is 0 Å². The molecule has 1 aliphatic heterocycles. The molecule has 0 bridgehead atoms. The van der Waals surface area contributed by atoms with Gasteiger partial charge >= 0.3 is 5.97 Å². The Morgan fingerprint density at radius 3 is 2.76 bits per heavy atom. The number of nitriles is 1. The highest BCUT2D eigenvalue weighted by atomic mass is 16.5. The molecular weight excluding hydrogens is 428 g/mol. The van der Waals surface area contributed by atoms with Crippen molar-refractivity contribution in [1.82, 2.24) is 0 Å². The second kappa shape index (κ2) is 11.2.